The van der Waals surface area contributed by atoms with Crippen molar-refractivity contribution in [2.75, 3.05) is 0 Å². The van der Waals surface area contributed by atoms with E-state index in [1.807, 2.05) is 66.2 Å². The maximum absolute atomic E-state index is 11.9. The zero-order chi connectivity index (χ0) is 20.7. The molecular weight excluding hydrogens is 376 g/mol. The van der Waals surface area contributed by atoms with E-state index >= 15 is 0 Å². The van der Waals surface area contributed by atoms with Crippen LogP contribution in [0.3, 0.4) is 0 Å². The van der Waals surface area contributed by atoms with E-state index in [2.05, 4.69) is 10.4 Å². The molecule has 4 heterocycles. The van der Waals surface area contributed by atoms with Gasteiger partial charge in [-0.2, -0.15) is 5.10 Å². The van der Waals surface area contributed by atoms with Crippen molar-refractivity contribution in [3.05, 3.63) is 84.3 Å². The van der Waals surface area contributed by atoms with E-state index in [1.54, 1.807) is 18.3 Å². The van der Waals surface area contributed by atoms with Crippen molar-refractivity contribution in [1.82, 2.24) is 25.0 Å². The van der Waals surface area contributed by atoms with Crippen molar-refractivity contribution in [2.24, 2.45) is 5.84 Å². The number of carbonyl (C=O) groups excluding carboxylic acids is 1. The average Bonchev–Trinajstić information content (AvgIpc) is 3.17. The molecule has 5 aromatic rings. The third-order valence-corrected chi connectivity index (χ3v) is 5.08. The van der Waals surface area contributed by atoms with Gasteiger partial charge in [-0.3, -0.25) is 20.2 Å². The quantitative estimate of drug-likeness (QED) is 0.277. The van der Waals surface area contributed by atoms with E-state index in [9.17, 15) is 4.79 Å². The van der Waals surface area contributed by atoms with Gasteiger partial charge in [-0.05, 0) is 55.0 Å². The molecule has 0 aliphatic carbocycles. The predicted octanol–water partition coefficient (Wildman–Crippen LogP) is 3.52. The van der Waals surface area contributed by atoms with Crippen LogP contribution in [0.2, 0.25) is 0 Å². The molecule has 0 radical (unpaired) electrons. The number of hydrogen-bond acceptors (Lipinski definition) is 5. The number of nitrogens with one attached hydrogen (secondary N) is 1. The van der Waals surface area contributed by atoms with Crippen LogP contribution in [0, 0.1) is 6.92 Å². The Kier molecular flexibility index (Phi) is 4.22. The van der Waals surface area contributed by atoms with E-state index in [0.29, 0.717) is 11.1 Å². The van der Waals surface area contributed by atoms with Crippen molar-refractivity contribution >= 4 is 22.3 Å². The molecule has 7 heteroatoms. The number of nitrogens with zero attached hydrogens (tertiary/aromatic N) is 4. The van der Waals surface area contributed by atoms with Gasteiger partial charge in [-0.1, -0.05) is 18.2 Å². The molecule has 0 spiro atoms. The summed E-state index contributed by atoms with van der Waals surface area (Å²) in [5.74, 6) is 4.92. The van der Waals surface area contributed by atoms with Crippen molar-refractivity contribution in [3.8, 4) is 22.5 Å². The average molecular weight is 394 g/mol. The SMILES string of the molecule is Cc1cccc(-c2nn3ccccc3c2-c2ccnc3cc(C(=O)NN)ccc23)n1. The number of aryl methyl sites for hydroxylation is 1. The second-order valence-electron chi connectivity index (χ2n) is 6.98. The van der Waals surface area contributed by atoms with Crippen molar-refractivity contribution < 1.29 is 4.79 Å². The summed E-state index contributed by atoms with van der Waals surface area (Å²) in [5.41, 5.74) is 8.74. The Labute approximate surface area is 172 Å². The van der Waals surface area contributed by atoms with Gasteiger partial charge in [0.1, 0.15) is 5.69 Å². The van der Waals surface area contributed by atoms with Gasteiger partial charge in [-0.25, -0.2) is 10.4 Å². The maximum Gasteiger partial charge on any atom is 0.265 e. The Morgan fingerprint density at radius 1 is 1.07 bits per heavy atom. The molecule has 0 fully saturated rings. The second-order valence-corrected chi connectivity index (χ2v) is 6.98. The summed E-state index contributed by atoms with van der Waals surface area (Å²) in [4.78, 5) is 21.1. The Bertz CT molecular complexity index is 1420. The molecule has 0 bridgehead atoms. The van der Waals surface area contributed by atoms with Gasteiger partial charge in [0.25, 0.3) is 5.91 Å². The van der Waals surface area contributed by atoms with Crippen LogP contribution < -0.4 is 11.3 Å². The largest absolute Gasteiger partial charge is 0.290 e. The zero-order valence-electron chi connectivity index (χ0n) is 16.2. The number of pyridine rings is 3. The van der Waals surface area contributed by atoms with Gasteiger partial charge >= 0.3 is 0 Å². The topological polar surface area (TPSA) is 98.2 Å². The molecule has 0 saturated carbocycles. The fourth-order valence-corrected chi connectivity index (χ4v) is 3.71. The molecular formula is C23H18N6O. The highest BCUT2D eigenvalue weighted by atomic mass is 16.2. The van der Waals surface area contributed by atoms with Crippen LogP contribution in [0.5, 0.6) is 0 Å². The summed E-state index contributed by atoms with van der Waals surface area (Å²) < 4.78 is 1.86. The highest BCUT2D eigenvalue weighted by molar-refractivity contribution is 6.05. The van der Waals surface area contributed by atoms with Crippen LogP contribution in [0.1, 0.15) is 16.1 Å². The highest BCUT2D eigenvalue weighted by Gasteiger charge is 2.19. The lowest BCUT2D eigenvalue weighted by Gasteiger charge is -2.09. The van der Waals surface area contributed by atoms with Gasteiger partial charge in [-0.15, -0.1) is 0 Å². The smallest absolute Gasteiger partial charge is 0.265 e. The molecule has 1 amide bonds. The number of amides is 1. The number of fused-ring (bicyclic) bond motifs is 2. The lowest BCUT2D eigenvalue weighted by molar-refractivity contribution is 0.0954. The lowest BCUT2D eigenvalue weighted by atomic mass is 9.97. The monoisotopic (exact) mass is 394 g/mol. The number of hydrogen-bond donors (Lipinski definition) is 2. The number of nitrogens with two attached hydrogens (primary N) is 1. The molecule has 0 unspecified atom stereocenters. The molecule has 30 heavy (non-hydrogen) atoms. The van der Waals surface area contributed by atoms with E-state index in [4.69, 9.17) is 15.9 Å². The normalized spacial score (nSPS) is 11.1. The number of benzene rings is 1. The van der Waals surface area contributed by atoms with Gasteiger partial charge in [0.15, 0.2) is 0 Å². The zero-order valence-corrected chi connectivity index (χ0v) is 16.2. The molecule has 146 valence electrons. The standard InChI is InChI=1S/C23H18N6O/c1-14-5-4-6-18(26-14)22-21(20-7-2-3-12-29(20)28-22)17-10-11-25-19-13-15(23(30)27-24)8-9-16(17)19/h2-13H,24H2,1H3,(H,27,30). The molecule has 0 atom stereocenters. The van der Waals surface area contributed by atoms with Crippen LogP contribution >= 0.6 is 0 Å². The van der Waals surface area contributed by atoms with Crippen LogP contribution in [-0.2, 0) is 0 Å². The molecule has 3 N–H and O–H groups in total. The first kappa shape index (κ1) is 18.0. The maximum atomic E-state index is 11.9. The van der Waals surface area contributed by atoms with E-state index in [-0.39, 0.29) is 5.91 Å². The Hall–Kier alpha value is -4.10. The summed E-state index contributed by atoms with van der Waals surface area (Å²) >= 11 is 0. The number of aromatic nitrogens is 4. The van der Waals surface area contributed by atoms with Crippen LogP contribution in [0.4, 0.5) is 0 Å². The van der Waals surface area contributed by atoms with Gasteiger partial charge in [0, 0.05) is 34.6 Å². The van der Waals surface area contributed by atoms with Gasteiger partial charge < -0.3 is 0 Å². The molecule has 7 nitrogen and oxygen atoms in total. The highest BCUT2D eigenvalue weighted by Crippen LogP contribution is 2.37. The summed E-state index contributed by atoms with van der Waals surface area (Å²) in [6.45, 7) is 1.96. The molecule has 0 aliphatic heterocycles. The summed E-state index contributed by atoms with van der Waals surface area (Å²) in [7, 11) is 0. The number of nitrogen functional groups attached to an aromatic ring is 1. The van der Waals surface area contributed by atoms with E-state index in [1.165, 1.54) is 0 Å². The van der Waals surface area contributed by atoms with E-state index < -0.39 is 0 Å². The number of carbonyl (C=O) groups is 1. The Morgan fingerprint density at radius 2 is 1.97 bits per heavy atom. The first-order valence-electron chi connectivity index (χ1n) is 9.47. The first-order chi connectivity index (χ1) is 14.7. The number of hydrazine groups is 1. The number of rotatable bonds is 3. The first-order valence-corrected chi connectivity index (χ1v) is 9.47. The minimum absolute atomic E-state index is 0.357. The van der Waals surface area contributed by atoms with Crippen molar-refractivity contribution in [1.29, 1.82) is 0 Å². The summed E-state index contributed by atoms with van der Waals surface area (Å²) in [6.07, 6.45) is 3.66. The fourth-order valence-electron chi connectivity index (χ4n) is 3.71. The molecule has 4 aromatic heterocycles. The lowest BCUT2D eigenvalue weighted by Crippen LogP contribution is -2.29. The minimum Gasteiger partial charge on any atom is -0.290 e. The predicted molar refractivity (Wildman–Crippen MR) is 116 cm³/mol. The molecule has 0 saturated heterocycles. The molecule has 1 aromatic carbocycles. The van der Waals surface area contributed by atoms with Crippen LogP contribution in [-0.4, -0.2) is 25.5 Å². The van der Waals surface area contributed by atoms with Gasteiger partial charge in [0.2, 0.25) is 0 Å². The fraction of sp³-hybridized carbons (Fsp3) is 0.0435. The summed E-state index contributed by atoms with van der Waals surface area (Å²) in [6, 6.07) is 19.2. The molecule has 0 aliphatic rings. The van der Waals surface area contributed by atoms with Crippen molar-refractivity contribution in [2.45, 2.75) is 6.92 Å². The van der Waals surface area contributed by atoms with Crippen LogP contribution in [0.15, 0.2) is 73.1 Å². The summed E-state index contributed by atoms with van der Waals surface area (Å²) in [5, 5.41) is 5.73. The molecule has 5 rings (SSSR count). The van der Waals surface area contributed by atoms with Gasteiger partial charge in [0.05, 0.1) is 16.7 Å². The van der Waals surface area contributed by atoms with Crippen molar-refractivity contribution in [3.63, 3.8) is 0 Å². The second kappa shape index (κ2) is 7.06. The third-order valence-electron chi connectivity index (χ3n) is 5.08. The Balaban J connectivity index is 1.82. The van der Waals surface area contributed by atoms with Crippen LogP contribution in [0.25, 0.3) is 38.9 Å². The minimum atomic E-state index is -0.357. The van der Waals surface area contributed by atoms with E-state index in [0.717, 1.165) is 39.1 Å². The Morgan fingerprint density at radius 3 is 2.80 bits per heavy atom. The third kappa shape index (κ3) is 2.89.